The third kappa shape index (κ3) is 4.33. The van der Waals surface area contributed by atoms with Crippen molar-refractivity contribution in [2.75, 3.05) is 26.2 Å². The molecule has 4 rings (SSSR count). The average Bonchev–Trinajstić information content (AvgIpc) is 3.12. The van der Waals surface area contributed by atoms with E-state index in [0.717, 1.165) is 25.1 Å². The molecule has 1 aliphatic rings. The summed E-state index contributed by atoms with van der Waals surface area (Å²) in [6.45, 7) is 4.99. The highest BCUT2D eigenvalue weighted by Gasteiger charge is 2.27. The van der Waals surface area contributed by atoms with Crippen LogP contribution in [0.25, 0.3) is 11.4 Å². The Kier molecular flexibility index (Phi) is 5.92. The Bertz CT molecular complexity index is 976. The average molecular weight is 411 g/mol. The minimum atomic E-state index is -0.0192. The zero-order valence-corrected chi connectivity index (χ0v) is 17.0. The van der Waals surface area contributed by atoms with Gasteiger partial charge in [0.25, 0.3) is 5.91 Å². The van der Waals surface area contributed by atoms with Gasteiger partial charge in [0.2, 0.25) is 11.7 Å². The zero-order valence-electron chi connectivity index (χ0n) is 16.3. The number of hydrogen-bond acceptors (Lipinski definition) is 5. The third-order valence-corrected chi connectivity index (χ3v) is 5.63. The quantitative estimate of drug-likeness (QED) is 0.641. The Morgan fingerprint density at radius 1 is 1.03 bits per heavy atom. The largest absolute Gasteiger partial charge is 0.337 e. The highest BCUT2D eigenvalue weighted by molar-refractivity contribution is 6.33. The lowest BCUT2D eigenvalue weighted by Gasteiger charge is -2.25. The number of benzene rings is 2. The van der Waals surface area contributed by atoms with E-state index in [1.807, 2.05) is 47.4 Å². The summed E-state index contributed by atoms with van der Waals surface area (Å²) in [7, 11) is 0. The van der Waals surface area contributed by atoms with Crippen molar-refractivity contribution in [2.45, 2.75) is 19.4 Å². The molecule has 0 N–H and O–H groups in total. The van der Waals surface area contributed by atoms with Crippen LogP contribution in [0, 0.1) is 0 Å². The number of hydrogen-bond donors (Lipinski definition) is 0. The van der Waals surface area contributed by atoms with E-state index >= 15 is 0 Å². The van der Waals surface area contributed by atoms with Crippen LogP contribution in [0.5, 0.6) is 0 Å². The van der Waals surface area contributed by atoms with Gasteiger partial charge in [-0.05, 0) is 25.5 Å². The molecule has 6 nitrogen and oxygen atoms in total. The summed E-state index contributed by atoms with van der Waals surface area (Å²) < 4.78 is 5.53. The van der Waals surface area contributed by atoms with E-state index in [0.29, 0.717) is 35.4 Å². The van der Waals surface area contributed by atoms with E-state index in [-0.39, 0.29) is 11.9 Å². The molecule has 1 saturated heterocycles. The van der Waals surface area contributed by atoms with Crippen molar-refractivity contribution in [3.63, 3.8) is 0 Å². The summed E-state index contributed by atoms with van der Waals surface area (Å²) in [4.78, 5) is 21.6. The molecule has 1 atom stereocenters. The third-order valence-electron chi connectivity index (χ3n) is 5.30. The fourth-order valence-corrected chi connectivity index (χ4v) is 3.81. The lowest BCUT2D eigenvalue weighted by molar-refractivity contribution is 0.0757. The maximum absolute atomic E-state index is 12.9. The van der Waals surface area contributed by atoms with Gasteiger partial charge < -0.3 is 9.42 Å². The number of carbonyl (C=O) groups excluding carboxylic acids is 1. The van der Waals surface area contributed by atoms with Crippen LogP contribution in [-0.4, -0.2) is 52.0 Å². The fraction of sp³-hybridized carbons (Fsp3) is 0.318. The van der Waals surface area contributed by atoms with Crippen LogP contribution >= 0.6 is 11.6 Å². The lowest BCUT2D eigenvalue weighted by atomic mass is 10.2. The van der Waals surface area contributed by atoms with Crippen LogP contribution < -0.4 is 0 Å². The van der Waals surface area contributed by atoms with Crippen LogP contribution in [0.2, 0.25) is 5.02 Å². The molecule has 29 heavy (non-hydrogen) atoms. The maximum Gasteiger partial charge on any atom is 0.255 e. The zero-order chi connectivity index (χ0) is 20.2. The highest BCUT2D eigenvalue weighted by atomic mass is 35.5. The van der Waals surface area contributed by atoms with E-state index in [4.69, 9.17) is 16.1 Å². The first-order valence-electron chi connectivity index (χ1n) is 9.80. The number of carbonyl (C=O) groups is 1. The Morgan fingerprint density at radius 3 is 2.59 bits per heavy atom. The van der Waals surface area contributed by atoms with Gasteiger partial charge in [-0.1, -0.05) is 59.2 Å². The smallest absolute Gasteiger partial charge is 0.255 e. The van der Waals surface area contributed by atoms with E-state index in [1.165, 1.54) is 0 Å². The van der Waals surface area contributed by atoms with Crippen molar-refractivity contribution in [2.24, 2.45) is 0 Å². The summed E-state index contributed by atoms with van der Waals surface area (Å²) in [6, 6.07) is 17.0. The standard InChI is InChI=1S/C22H23ClN4O2/c1-16(21-24-20(25-29-21)17-8-3-2-4-9-17)26-12-7-13-27(15-14-26)22(28)18-10-5-6-11-19(18)23/h2-6,8-11,16H,7,12-15H2,1H3. The molecule has 1 aromatic heterocycles. The fourth-order valence-electron chi connectivity index (χ4n) is 3.60. The van der Waals surface area contributed by atoms with Crippen LogP contribution in [-0.2, 0) is 0 Å². The van der Waals surface area contributed by atoms with Crippen molar-refractivity contribution >= 4 is 17.5 Å². The molecule has 1 aliphatic heterocycles. The molecule has 1 fully saturated rings. The lowest BCUT2D eigenvalue weighted by Crippen LogP contribution is -2.36. The van der Waals surface area contributed by atoms with Crippen molar-refractivity contribution in [1.29, 1.82) is 0 Å². The Morgan fingerprint density at radius 2 is 1.79 bits per heavy atom. The van der Waals surface area contributed by atoms with Crippen LogP contribution in [0.3, 0.4) is 0 Å². The van der Waals surface area contributed by atoms with Gasteiger partial charge in [-0.25, -0.2) is 0 Å². The summed E-state index contributed by atoms with van der Waals surface area (Å²) in [5, 5.41) is 4.62. The maximum atomic E-state index is 12.9. The van der Waals surface area contributed by atoms with Gasteiger partial charge in [-0.2, -0.15) is 4.98 Å². The number of nitrogens with zero attached hydrogens (tertiary/aromatic N) is 4. The van der Waals surface area contributed by atoms with Crippen LogP contribution in [0.15, 0.2) is 59.1 Å². The summed E-state index contributed by atoms with van der Waals surface area (Å²) in [5.41, 5.74) is 1.49. The molecule has 150 valence electrons. The molecule has 0 aliphatic carbocycles. The van der Waals surface area contributed by atoms with Crippen LogP contribution in [0.4, 0.5) is 0 Å². The van der Waals surface area contributed by atoms with Gasteiger partial charge in [-0.3, -0.25) is 9.69 Å². The van der Waals surface area contributed by atoms with E-state index in [1.54, 1.807) is 12.1 Å². The second-order valence-corrected chi connectivity index (χ2v) is 7.57. The summed E-state index contributed by atoms with van der Waals surface area (Å²) >= 11 is 6.21. The molecule has 3 aromatic rings. The molecule has 0 saturated carbocycles. The molecule has 7 heteroatoms. The molecule has 1 unspecified atom stereocenters. The first-order chi connectivity index (χ1) is 14.1. The van der Waals surface area contributed by atoms with E-state index in [2.05, 4.69) is 22.0 Å². The van der Waals surface area contributed by atoms with Gasteiger partial charge in [0.1, 0.15) is 0 Å². The predicted molar refractivity (Wildman–Crippen MR) is 112 cm³/mol. The number of amides is 1. The first-order valence-corrected chi connectivity index (χ1v) is 10.2. The molecule has 0 radical (unpaired) electrons. The second kappa shape index (κ2) is 8.76. The Labute approximate surface area is 175 Å². The van der Waals surface area contributed by atoms with Gasteiger partial charge in [0.15, 0.2) is 0 Å². The minimum absolute atomic E-state index is 0.0182. The van der Waals surface area contributed by atoms with E-state index in [9.17, 15) is 4.79 Å². The van der Waals surface area contributed by atoms with Crippen molar-refractivity contribution in [3.8, 4) is 11.4 Å². The summed E-state index contributed by atoms with van der Waals surface area (Å²) in [6.07, 6.45) is 0.875. The molecule has 2 heterocycles. The summed E-state index contributed by atoms with van der Waals surface area (Å²) in [5.74, 6) is 1.17. The van der Waals surface area contributed by atoms with Gasteiger partial charge in [0.05, 0.1) is 16.6 Å². The SMILES string of the molecule is CC(c1nc(-c2ccccc2)no1)N1CCCN(C(=O)c2ccccc2Cl)CC1. The Balaban J connectivity index is 1.43. The molecular weight excluding hydrogens is 388 g/mol. The molecule has 0 spiro atoms. The highest BCUT2D eigenvalue weighted by Crippen LogP contribution is 2.24. The van der Waals surface area contributed by atoms with Gasteiger partial charge in [0, 0.05) is 31.7 Å². The first kappa shape index (κ1) is 19.6. The van der Waals surface area contributed by atoms with Crippen molar-refractivity contribution in [3.05, 3.63) is 71.1 Å². The number of aromatic nitrogens is 2. The molecule has 0 bridgehead atoms. The molecular formula is C22H23ClN4O2. The number of halogens is 1. The molecule has 2 aromatic carbocycles. The second-order valence-electron chi connectivity index (χ2n) is 7.16. The van der Waals surface area contributed by atoms with Gasteiger partial charge in [-0.15, -0.1) is 0 Å². The number of rotatable bonds is 4. The predicted octanol–water partition coefficient (Wildman–Crippen LogP) is 4.30. The van der Waals surface area contributed by atoms with E-state index < -0.39 is 0 Å². The Hall–Kier alpha value is -2.70. The molecule has 1 amide bonds. The van der Waals surface area contributed by atoms with Crippen LogP contribution in [0.1, 0.15) is 35.6 Å². The topological polar surface area (TPSA) is 62.5 Å². The van der Waals surface area contributed by atoms with Crippen molar-refractivity contribution < 1.29 is 9.32 Å². The van der Waals surface area contributed by atoms with Gasteiger partial charge >= 0.3 is 0 Å². The normalized spacial score (nSPS) is 16.4. The minimum Gasteiger partial charge on any atom is -0.337 e. The monoisotopic (exact) mass is 410 g/mol. The van der Waals surface area contributed by atoms with Crippen molar-refractivity contribution in [1.82, 2.24) is 19.9 Å².